The van der Waals surface area contributed by atoms with Crippen LogP contribution in [-0.4, -0.2) is 28.8 Å². The molecule has 2 rings (SSSR count). The van der Waals surface area contributed by atoms with Gasteiger partial charge in [-0.25, -0.2) is 0 Å². The maximum Gasteiger partial charge on any atom is 0.300 e. The normalized spacial score (nSPS) is 19.1. The van der Waals surface area contributed by atoms with E-state index in [-0.39, 0.29) is 22.2 Å². The molecule has 1 heterocycles. The van der Waals surface area contributed by atoms with Crippen LogP contribution in [0, 0.1) is 16.0 Å². The van der Waals surface area contributed by atoms with Gasteiger partial charge in [-0.1, -0.05) is 31.0 Å². The Balaban J connectivity index is 2.24. The van der Waals surface area contributed by atoms with Gasteiger partial charge >= 0.3 is 5.69 Å². The maximum atomic E-state index is 12.6. The fraction of sp³-hybridized carbons (Fsp3) is 0.533. The summed E-state index contributed by atoms with van der Waals surface area (Å²) in [6, 6.07) is 4.50. The van der Waals surface area contributed by atoms with Gasteiger partial charge in [0.2, 0.25) is 0 Å². The van der Waals surface area contributed by atoms with Crippen LogP contribution in [0.2, 0.25) is 5.02 Å². The Morgan fingerprint density at radius 2 is 2.19 bits per heavy atom. The summed E-state index contributed by atoms with van der Waals surface area (Å²) in [6.45, 7) is 3.46. The maximum absolute atomic E-state index is 12.6. The van der Waals surface area contributed by atoms with Gasteiger partial charge in [-0.2, -0.15) is 0 Å². The van der Waals surface area contributed by atoms with Gasteiger partial charge in [0, 0.05) is 13.1 Å². The zero-order valence-corrected chi connectivity index (χ0v) is 12.8. The zero-order valence-electron chi connectivity index (χ0n) is 12.0. The number of amides is 1. The van der Waals surface area contributed by atoms with Crippen LogP contribution in [0.4, 0.5) is 5.69 Å². The Kier molecular flexibility index (Phi) is 5.17. The van der Waals surface area contributed by atoms with E-state index in [4.69, 9.17) is 11.6 Å². The molecule has 0 aromatic heterocycles. The molecule has 0 N–H and O–H groups in total. The van der Waals surface area contributed by atoms with E-state index in [9.17, 15) is 14.9 Å². The highest BCUT2D eigenvalue weighted by Crippen LogP contribution is 2.30. The van der Waals surface area contributed by atoms with Crippen molar-refractivity contribution in [3.8, 4) is 0 Å². The van der Waals surface area contributed by atoms with Crippen molar-refractivity contribution in [1.82, 2.24) is 4.90 Å². The molecule has 1 aliphatic heterocycles. The molecular formula is C15H19ClN2O3. The molecule has 1 unspecified atom stereocenters. The Morgan fingerprint density at radius 1 is 1.43 bits per heavy atom. The number of halogens is 1. The fourth-order valence-corrected chi connectivity index (χ4v) is 3.06. The summed E-state index contributed by atoms with van der Waals surface area (Å²) >= 11 is 5.87. The second kappa shape index (κ2) is 6.89. The Labute approximate surface area is 129 Å². The van der Waals surface area contributed by atoms with Crippen molar-refractivity contribution in [2.45, 2.75) is 32.6 Å². The number of nitrogens with zero attached hydrogens (tertiary/aromatic N) is 2. The molecule has 1 atom stereocenters. The summed E-state index contributed by atoms with van der Waals surface area (Å²) in [7, 11) is 0. The van der Waals surface area contributed by atoms with E-state index in [1.165, 1.54) is 12.1 Å². The van der Waals surface area contributed by atoms with Crippen molar-refractivity contribution in [2.24, 2.45) is 5.92 Å². The van der Waals surface area contributed by atoms with Crippen LogP contribution in [0.1, 0.15) is 43.0 Å². The minimum atomic E-state index is -0.581. The van der Waals surface area contributed by atoms with Crippen LogP contribution in [0.5, 0.6) is 0 Å². The van der Waals surface area contributed by atoms with Gasteiger partial charge in [0.05, 0.1) is 4.92 Å². The zero-order chi connectivity index (χ0) is 15.4. The van der Waals surface area contributed by atoms with E-state index in [0.29, 0.717) is 19.0 Å². The highest BCUT2D eigenvalue weighted by Gasteiger charge is 2.28. The molecule has 0 spiro atoms. The molecule has 5 nitrogen and oxygen atoms in total. The van der Waals surface area contributed by atoms with Gasteiger partial charge in [0.1, 0.15) is 10.6 Å². The monoisotopic (exact) mass is 310 g/mol. The number of benzene rings is 1. The van der Waals surface area contributed by atoms with E-state index in [1.807, 2.05) is 0 Å². The summed E-state index contributed by atoms with van der Waals surface area (Å²) in [5.74, 6) is 0.345. The number of nitro benzene ring substituents is 1. The third kappa shape index (κ3) is 3.53. The molecule has 0 bridgehead atoms. The lowest BCUT2D eigenvalue weighted by molar-refractivity contribution is -0.385. The fourth-order valence-electron chi connectivity index (χ4n) is 2.82. The third-order valence-electron chi connectivity index (χ3n) is 4.11. The van der Waals surface area contributed by atoms with Gasteiger partial charge in [-0.15, -0.1) is 0 Å². The van der Waals surface area contributed by atoms with E-state index in [0.717, 1.165) is 25.7 Å². The van der Waals surface area contributed by atoms with Crippen molar-refractivity contribution in [3.05, 3.63) is 38.9 Å². The number of nitro groups is 1. The van der Waals surface area contributed by atoms with Gasteiger partial charge in [-0.3, -0.25) is 14.9 Å². The second-order valence-corrected chi connectivity index (χ2v) is 5.80. The smallest absolute Gasteiger partial charge is 0.300 e. The van der Waals surface area contributed by atoms with Crippen molar-refractivity contribution in [1.29, 1.82) is 0 Å². The number of hydrogen-bond donors (Lipinski definition) is 0. The molecule has 21 heavy (non-hydrogen) atoms. The summed E-state index contributed by atoms with van der Waals surface area (Å²) in [4.78, 5) is 24.9. The lowest BCUT2D eigenvalue weighted by Gasteiger charge is -2.20. The summed E-state index contributed by atoms with van der Waals surface area (Å²) < 4.78 is 0. The first kappa shape index (κ1) is 15.8. The molecule has 0 radical (unpaired) electrons. The van der Waals surface area contributed by atoms with Crippen molar-refractivity contribution < 1.29 is 9.72 Å². The average Bonchev–Trinajstić information content (AvgIpc) is 2.71. The first-order chi connectivity index (χ1) is 10.0. The van der Waals surface area contributed by atoms with Crippen LogP contribution in [0.15, 0.2) is 18.2 Å². The molecule has 1 aliphatic rings. The molecule has 114 valence electrons. The Bertz CT molecular complexity index is 548. The Hall–Kier alpha value is -1.62. The number of likely N-dealkylation sites (tertiary alicyclic amines) is 1. The van der Waals surface area contributed by atoms with E-state index < -0.39 is 4.92 Å². The first-order valence-electron chi connectivity index (χ1n) is 7.26. The highest BCUT2D eigenvalue weighted by molar-refractivity contribution is 6.33. The van der Waals surface area contributed by atoms with Crippen molar-refractivity contribution in [2.75, 3.05) is 13.1 Å². The van der Waals surface area contributed by atoms with Gasteiger partial charge in [0.15, 0.2) is 0 Å². The van der Waals surface area contributed by atoms with Crippen LogP contribution >= 0.6 is 11.6 Å². The summed E-state index contributed by atoms with van der Waals surface area (Å²) in [5.41, 5.74) is -0.206. The van der Waals surface area contributed by atoms with Crippen molar-refractivity contribution in [3.63, 3.8) is 0 Å². The molecule has 1 aromatic rings. The van der Waals surface area contributed by atoms with E-state index in [1.54, 1.807) is 11.0 Å². The first-order valence-corrected chi connectivity index (χ1v) is 7.64. The minimum Gasteiger partial charge on any atom is -0.338 e. The molecule has 1 amide bonds. The standard InChI is InChI=1S/C15H19ClN2O3/c1-2-11-5-4-9-17(10-8-11)15(19)12-6-3-7-13(16)14(12)18(20)21/h3,6-7,11H,2,4-5,8-10H2,1H3. The predicted molar refractivity (Wildman–Crippen MR) is 81.6 cm³/mol. The lowest BCUT2D eigenvalue weighted by Crippen LogP contribution is -2.32. The SMILES string of the molecule is CCC1CCCN(C(=O)c2cccc(Cl)c2[N+](=O)[O-])CC1. The third-order valence-corrected chi connectivity index (χ3v) is 4.42. The topological polar surface area (TPSA) is 63.5 Å². The van der Waals surface area contributed by atoms with Crippen LogP contribution < -0.4 is 0 Å². The molecule has 1 saturated heterocycles. The number of carbonyl (C=O) groups is 1. The lowest BCUT2D eigenvalue weighted by atomic mass is 9.98. The average molecular weight is 311 g/mol. The Morgan fingerprint density at radius 3 is 2.86 bits per heavy atom. The van der Waals surface area contributed by atoms with Gasteiger partial charge < -0.3 is 4.90 Å². The second-order valence-electron chi connectivity index (χ2n) is 5.39. The van der Waals surface area contributed by atoms with Crippen LogP contribution in [-0.2, 0) is 0 Å². The minimum absolute atomic E-state index is 0.00658. The van der Waals surface area contributed by atoms with E-state index >= 15 is 0 Å². The number of hydrogen-bond acceptors (Lipinski definition) is 3. The molecule has 0 aliphatic carbocycles. The number of rotatable bonds is 3. The molecule has 1 aromatic carbocycles. The largest absolute Gasteiger partial charge is 0.338 e. The molecule has 6 heteroatoms. The highest BCUT2D eigenvalue weighted by atomic mass is 35.5. The molecular weight excluding hydrogens is 292 g/mol. The van der Waals surface area contributed by atoms with Gasteiger partial charge in [-0.05, 0) is 37.3 Å². The molecule has 1 fully saturated rings. The predicted octanol–water partition coefficient (Wildman–Crippen LogP) is 3.90. The molecule has 0 saturated carbocycles. The van der Waals surface area contributed by atoms with Crippen molar-refractivity contribution >= 4 is 23.2 Å². The van der Waals surface area contributed by atoms with E-state index in [2.05, 4.69) is 6.92 Å². The van der Waals surface area contributed by atoms with Gasteiger partial charge in [0.25, 0.3) is 5.91 Å². The number of carbonyl (C=O) groups excluding carboxylic acids is 1. The van der Waals surface area contributed by atoms with Crippen LogP contribution in [0.3, 0.4) is 0 Å². The van der Waals surface area contributed by atoms with Crippen LogP contribution in [0.25, 0.3) is 0 Å². The number of para-hydroxylation sites is 1. The quantitative estimate of drug-likeness (QED) is 0.628. The summed E-state index contributed by atoms with van der Waals surface area (Å²) in [6.07, 6.45) is 4.12. The summed E-state index contributed by atoms with van der Waals surface area (Å²) in [5, 5.41) is 11.2.